The number of anilines is 2. The van der Waals surface area contributed by atoms with Crippen LogP contribution in [0.4, 0.5) is 11.6 Å². The zero-order chi connectivity index (χ0) is 18.6. The minimum atomic E-state index is 0.0622. The fraction of sp³-hybridized carbons (Fsp3) is 0.571. The first kappa shape index (κ1) is 18.3. The zero-order valence-electron chi connectivity index (χ0n) is 16.3. The second kappa shape index (κ2) is 8.31. The monoisotopic (exact) mass is 367 g/mol. The number of nitrogens with zero attached hydrogens (tertiary/aromatic N) is 4. The number of hydrogen-bond donors (Lipinski definition) is 1. The molecule has 2 fully saturated rings. The van der Waals surface area contributed by atoms with Gasteiger partial charge in [0.05, 0.1) is 24.2 Å². The highest BCUT2D eigenvalue weighted by molar-refractivity contribution is 5.52. The third-order valence-corrected chi connectivity index (χ3v) is 5.54. The molecule has 1 saturated heterocycles. The molecule has 2 aromatic heterocycles. The van der Waals surface area contributed by atoms with Gasteiger partial charge in [0.15, 0.2) is 0 Å². The first-order chi connectivity index (χ1) is 13.2. The summed E-state index contributed by atoms with van der Waals surface area (Å²) in [5.74, 6) is 0.611. The van der Waals surface area contributed by atoms with Crippen LogP contribution < -0.4 is 5.32 Å². The Morgan fingerprint density at radius 1 is 1.07 bits per heavy atom. The van der Waals surface area contributed by atoms with Gasteiger partial charge in [-0.1, -0.05) is 19.3 Å². The summed E-state index contributed by atoms with van der Waals surface area (Å²) in [6.45, 7) is 6.73. The van der Waals surface area contributed by atoms with E-state index in [2.05, 4.69) is 31.2 Å². The van der Waals surface area contributed by atoms with E-state index in [0.717, 1.165) is 48.5 Å². The third-order valence-electron chi connectivity index (χ3n) is 5.54. The van der Waals surface area contributed by atoms with Gasteiger partial charge in [-0.3, -0.25) is 9.88 Å². The highest BCUT2D eigenvalue weighted by atomic mass is 16.5. The molecule has 1 unspecified atom stereocenters. The van der Waals surface area contributed by atoms with E-state index in [0.29, 0.717) is 5.95 Å². The fourth-order valence-electron chi connectivity index (χ4n) is 4.21. The van der Waals surface area contributed by atoms with Gasteiger partial charge in [0.1, 0.15) is 6.10 Å². The SMILES string of the molecule is Cc1cc(C)nc(Nc2ccc(C3CN(C4CCCCC4)CCO3)nc2)n1. The molecule has 1 saturated carbocycles. The molecular weight excluding hydrogens is 338 g/mol. The summed E-state index contributed by atoms with van der Waals surface area (Å²) in [6.07, 6.45) is 8.70. The van der Waals surface area contributed by atoms with Crippen LogP contribution >= 0.6 is 0 Å². The quantitative estimate of drug-likeness (QED) is 0.883. The van der Waals surface area contributed by atoms with Gasteiger partial charge in [-0.2, -0.15) is 0 Å². The molecule has 4 rings (SSSR count). The highest BCUT2D eigenvalue weighted by Crippen LogP contribution is 2.28. The number of aryl methyl sites for hydroxylation is 2. The molecular formula is C21H29N5O. The predicted octanol–water partition coefficient (Wildman–Crippen LogP) is 3.94. The maximum absolute atomic E-state index is 6.03. The molecule has 3 heterocycles. The van der Waals surface area contributed by atoms with Crippen molar-refractivity contribution in [1.29, 1.82) is 0 Å². The van der Waals surface area contributed by atoms with Gasteiger partial charge >= 0.3 is 0 Å². The molecule has 6 heteroatoms. The van der Waals surface area contributed by atoms with Crippen LogP contribution in [0.15, 0.2) is 24.4 Å². The normalized spacial score (nSPS) is 21.9. The highest BCUT2D eigenvalue weighted by Gasteiger charge is 2.28. The number of aromatic nitrogens is 3. The summed E-state index contributed by atoms with van der Waals surface area (Å²) < 4.78 is 6.03. The Bertz CT molecular complexity index is 737. The molecule has 144 valence electrons. The van der Waals surface area contributed by atoms with E-state index in [1.54, 1.807) is 0 Å². The fourth-order valence-corrected chi connectivity index (χ4v) is 4.21. The van der Waals surface area contributed by atoms with Crippen molar-refractivity contribution < 1.29 is 4.74 Å². The van der Waals surface area contributed by atoms with Crippen molar-refractivity contribution in [3.8, 4) is 0 Å². The lowest BCUT2D eigenvalue weighted by Crippen LogP contribution is -2.45. The van der Waals surface area contributed by atoms with Gasteiger partial charge in [0.25, 0.3) is 0 Å². The minimum Gasteiger partial charge on any atom is -0.369 e. The number of pyridine rings is 1. The van der Waals surface area contributed by atoms with E-state index < -0.39 is 0 Å². The van der Waals surface area contributed by atoms with Gasteiger partial charge in [-0.15, -0.1) is 0 Å². The van der Waals surface area contributed by atoms with E-state index in [-0.39, 0.29) is 6.10 Å². The van der Waals surface area contributed by atoms with Crippen molar-refractivity contribution >= 4 is 11.6 Å². The molecule has 0 bridgehead atoms. The largest absolute Gasteiger partial charge is 0.369 e. The lowest BCUT2D eigenvalue weighted by Gasteiger charge is -2.39. The van der Waals surface area contributed by atoms with E-state index in [1.165, 1.54) is 32.1 Å². The van der Waals surface area contributed by atoms with Crippen LogP contribution in [0.1, 0.15) is 55.3 Å². The van der Waals surface area contributed by atoms with Crippen molar-refractivity contribution in [3.05, 3.63) is 41.5 Å². The van der Waals surface area contributed by atoms with Crippen molar-refractivity contribution in [3.63, 3.8) is 0 Å². The molecule has 0 amide bonds. The molecule has 1 aliphatic carbocycles. The second-order valence-electron chi connectivity index (χ2n) is 7.72. The smallest absolute Gasteiger partial charge is 0.227 e. The zero-order valence-corrected chi connectivity index (χ0v) is 16.3. The maximum Gasteiger partial charge on any atom is 0.227 e. The Balaban J connectivity index is 1.40. The summed E-state index contributed by atoms with van der Waals surface area (Å²) in [5, 5.41) is 3.24. The first-order valence-corrected chi connectivity index (χ1v) is 10.1. The molecule has 27 heavy (non-hydrogen) atoms. The van der Waals surface area contributed by atoms with Crippen molar-refractivity contribution in [1.82, 2.24) is 19.9 Å². The van der Waals surface area contributed by atoms with Crippen molar-refractivity contribution in [2.75, 3.05) is 25.0 Å². The summed E-state index contributed by atoms with van der Waals surface area (Å²) in [4.78, 5) is 16.1. The number of ether oxygens (including phenoxy) is 1. The summed E-state index contributed by atoms with van der Waals surface area (Å²) in [5.41, 5.74) is 3.80. The number of hydrogen-bond acceptors (Lipinski definition) is 6. The molecule has 1 aliphatic heterocycles. The third kappa shape index (κ3) is 4.62. The topological polar surface area (TPSA) is 63.2 Å². The van der Waals surface area contributed by atoms with Gasteiger partial charge < -0.3 is 10.1 Å². The average molecular weight is 367 g/mol. The Labute approximate surface area is 161 Å². The number of rotatable bonds is 4. The van der Waals surface area contributed by atoms with E-state index >= 15 is 0 Å². The summed E-state index contributed by atoms with van der Waals surface area (Å²) in [6, 6.07) is 6.78. The van der Waals surface area contributed by atoms with Crippen molar-refractivity contribution in [2.45, 2.75) is 58.1 Å². The van der Waals surface area contributed by atoms with Crippen LogP contribution in [0, 0.1) is 13.8 Å². The molecule has 0 aromatic carbocycles. The molecule has 1 N–H and O–H groups in total. The van der Waals surface area contributed by atoms with E-state index in [9.17, 15) is 0 Å². The van der Waals surface area contributed by atoms with Gasteiger partial charge in [0, 0.05) is 30.5 Å². The number of nitrogens with one attached hydrogen (secondary N) is 1. The summed E-state index contributed by atoms with van der Waals surface area (Å²) in [7, 11) is 0. The molecule has 0 spiro atoms. The predicted molar refractivity (Wildman–Crippen MR) is 106 cm³/mol. The Hall–Kier alpha value is -2.05. The second-order valence-corrected chi connectivity index (χ2v) is 7.72. The lowest BCUT2D eigenvalue weighted by molar-refractivity contribution is -0.0516. The van der Waals surface area contributed by atoms with Gasteiger partial charge in [-0.05, 0) is 44.9 Å². The van der Waals surface area contributed by atoms with Crippen LogP contribution in [-0.4, -0.2) is 45.6 Å². The van der Waals surface area contributed by atoms with Crippen LogP contribution in [-0.2, 0) is 4.74 Å². The Morgan fingerprint density at radius 2 is 1.85 bits per heavy atom. The minimum absolute atomic E-state index is 0.0622. The van der Waals surface area contributed by atoms with Crippen LogP contribution in [0.5, 0.6) is 0 Å². The standard InChI is InChI=1S/C21H29N5O/c1-15-12-16(2)24-21(23-15)25-17-8-9-19(22-13-17)20-14-26(10-11-27-20)18-6-4-3-5-7-18/h8-9,12-13,18,20H,3-7,10-11,14H2,1-2H3,(H,23,24,25). The van der Waals surface area contributed by atoms with Gasteiger partial charge in [-0.25, -0.2) is 9.97 Å². The molecule has 0 radical (unpaired) electrons. The summed E-state index contributed by atoms with van der Waals surface area (Å²) >= 11 is 0. The van der Waals surface area contributed by atoms with E-state index in [1.807, 2.05) is 32.2 Å². The first-order valence-electron chi connectivity index (χ1n) is 10.1. The Kier molecular flexibility index (Phi) is 5.64. The van der Waals surface area contributed by atoms with E-state index in [4.69, 9.17) is 4.74 Å². The lowest BCUT2D eigenvalue weighted by atomic mass is 9.93. The van der Waals surface area contributed by atoms with Crippen LogP contribution in [0.3, 0.4) is 0 Å². The Morgan fingerprint density at radius 3 is 2.56 bits per heavy atom. The number of morpholine rings is 1. The molecule has 2 aromatic rings. The van der Waals surface area contributed by atoms with Crippen LogP contribution in [0.25, 0.3) is 0 Å². The molecule has 6 nitrogen and oxygen atoms in total. The maximum atomic E-state index is 6.03. The molecule has 2 aliphatic rings. The van der Waals surface area contributed by atoms with Crippen molar-refractivity contribution in [2.24, 2.45) is 0 Å². The molecule has 1 atom stereocenters. The van der Waals surface area contributed by atoms with Crippen LogP contribution in [0.2, 0.25) is 0 Å². The average Bonchev–Trinajstić information content (AvgIpc) is 2.69. The van der Waals surface area contributed by atoms with Gasteiger partial charge in [0.2, 0.25) is 5.95 Å².